The van der Waals surface area contributed by atoms with Gasteiger partial charge in [-0.05, 0) is 31.2 Å². The van der Waals surface area contributed by atoms with Gasteiger partial charge in [-0.3, -0.25) is 9.78 Å². The molecule has 2 aromatic heterocycles. The van der Waals surface area contributed by atoms with E-state index in [1.807, 2.05) is 37.5 Å². The molecule has 0 spiro atoms. The topological polar surface area (TPSA) is 88.0 Å². The van der Waals surface area contributed by atoms with Crippen molar-refractivity contribution in [3.05, 3.63) is 54.0 Å². The number of aliphatic hydroxyl groups is 1. The second kappa shape index (κ2) is 7.08. The minimum Gasteiger partial charge on any atom is -0.497 e. The van der Waals surface area contributed by atoms with E-state index in [9.17, 15) is 5.11 Å². The number of hydrogen-bond donors (Lipinski definition) is 3. The summed E-state index contributed by atoms with van der Waals surface area (Å²) in [7, 11) is 3.48. The second-order valence-electron chi connectivity index (χ2n) is 6.28. The molecule has 0 radical (unpaired) electrons. The first-order valence-corrected chi connectivity index (χ1v) is 8.08. The molecule has 25 heavy (non-hydrogen) atoms. The molecule has 0 aliphatic heterocycles. The number of aromatic nitrogens is 4. The Morgan fingerprint density at radius 2 is 2.04 bits per heavy atom. The number of aromatic amines is 1. The molecule has 3 N–H and O–H groups in total. The van der Waals surface area contributed by atoms with Gasteiger partial charge in [-0.2, -0.15) is 10.2 Å². The summed E-state index contributed by atoms with van der Waals surface area (Å²) in [6.07, 6.45) is 5.30. The zero-order valence-corrected chi connectivity index (χ0v) is 14.7. The molecule has 0 aliphatic carbocycles. The number of methoxy groups -OCH3 is 1. The monoisotopic (exact) mass is 341 g/mol. The zero-order chi connectivity index (χ0) is 17.9. The Morgan fingerprint density at radius 3 is 2.68 bits per heavy atom. The van der Waals surface area contributed by atoms with Gasteiger partial charge in [-0.15, -0.1) is 0 Å². The number of aryl methyl sites for hydroxylation is 1. The SMILES string of the molecule is COc1ccc(-c2[nH]ncc2CNCC(C)(O)c2cnn(C)c2)cc1. The highest BCUT2D eigenvalue weighted by molar-refractivity contribution is 5.63. The van der Waals surface area contributed by atoms with Crippen molar-refractivity contribution in [3.8, 4) is 17.0 Å². The lowest BCUT2D eigenvalue weighted by atomic mass is 9.99. The quantitative estimate of drug-likeness (QED) is 0.610. The molecule has 0 aliphatic rings. The van der Waals surface area contributed by atoms with E-state index in [1.54, 1.807) is 31.1 Å². The molecule has 3 aromatic rings. The fraction of sp³-hybridized carbons (Fsp3) is 0.333. The van der Waals surface area contributed by atoms with Crippen LogP contribution in [0.1, 0.15) is 18.1 Å². The number of rotatable bonds is 7. The Balaban J connectivity index is 1.65. The molecule has 2 heterocycles. The smallest absolute Gasteiger partial charge is 0.118 e. The maximum atomic E-state index is 10.6. The summed E-state index contributed by atoms with van der Waals surface area (Å²) in [5.74, 6) is 0.815. The number of H-pyrrole nitrogens is 1. The third-order valence-corrected chi connectivity index (χ3v) is 4.21. The first-order chi connectivity index (χ1) is 12.0. The Labute approximate surface area is 146 Å². The van der Waals surface area contributed by atoms with Crippen molar-refractivity contribution in [1.82, 2.24) is 25.3 Å². The largest absolute Gasteiger partial charge is 0.497 e. The summed E-state index contributed by atoms with van der Waals surface area (Å²) in [4.78, 5) is 0. The first-order valence-electron chi connectivity index (χ1n) is 8.08. The van der Waals surface area contributed by atoms with E-state index in [4.69, 9.17) is 4.74 Å². The highest BCUT2D eigenvalue weighted by Crippen LogP contribution is 2.24. The highest BCUT2D eigenvalue weighted by Gasteiger charge is 2.24. The predicted octanol–water partition coefficient (Wildman–Crippen LogP) is 1.82. The van der Waals surface area contributed by atoms with Gasteiger partial charge in [-0.25, -0.2) is 0 Å². The van der Waals surface area contributed by atoms with E-state index in [0.717, 1.165) is 28.1 Å². The van der Waals surface area contributed by atoms with Gasteiger partial charge in [0.25, 0.3) is 0 Å². The van der Waals surface area contributed by atoms with Crippen LogP contribution >= 0.6 is 0 Å². The molecular weight excluding hydrogens is 318 g/mol. The number of nitrogens with zero attached hydrogens (tertiary/aromatic N) is 3. The van der Waals surface area contributed by atoms with Crippen molar-refractivity contribution >= 4 is 0 Å². The van der Waals surface area contributed by atoms with Gasteiger partial charge in [0.15, 0.2) is 0 Å². The minimum atomic E-state index is -0.988. The summed E-state index contributed by atoms with van der Waals surface area (Å²) in [5.41, 5.74) is 2.82. The summed E-state index contributed by atoms with van der Waals surface area (Å²) in [6.45, 7) is 2.77. The van der Waals surface area contributed by atoms with E-state index >= 15 is 0 Å². The van der Waals surface area contributed by atoms with E-state index < -0.39 is 5.60 Å². The van der Waals surface area contributed by atoms with E-state index in [1.165, 1.54) is 0 Å². The Hall–Kier alpha value is -2.64. The molecule has 0 fully saturated rings. The summed E-state index contributed by atoms with van der Waals surface area (Å²) in [6, 6.07) is 7.81. The molecule has 3 rings (SSSR count). The van der Waals surface area contributed by atoms with Crippen molar-refractivity contribution in [2.24, 2.45) is 7.05 Å². The molecule has 0 saturated heterocycles. The average molecular weight is 341 g/mol. The van der Waals surface area contributed by atoms with E-state index in [0.29, 0.717) is 13.1 Å². The lowest BCUT2D eigenvalue weighted by Crippen LogP contribution is -2.34. The van der Waals surface area contributed by atoms with Gasteiger partial charge in [0.2, 0.25) is 0 Å². The maximum absolute atomic E-state index is 10.6. The van der Waals surface area contributed by atoms with Crippen molar-refractivity contribution < 1.29 is 9.84 Å². The molecule has 1 atom stereocenters. The summed E-state index contributed by atoms with van der Waals surface area (Å²) >= 11 is 0. The molecular formula is C18H23N5O2. The van der Waals surface area contributed by atoms with Gasteiger partial charge in [0.1, 0.15) is 11.4 Å². The Morgan fingerprint density at radius 1 is 1.28 bits per heavy atom. The van der Waals surface area contributed by atoms with Crippen LogP contribution in [0.2, 0.25) is 0 Å². The van der Waals surface area contributed by atoms with Crippen LogP contribution in [0.15, 0.2) is 42.9 Å². The molecule has 0 saturated carbocycles. The Kier molecular flexibility index (Phi) is 4.87. The zero-order valence-electron chi connectivity index (χ0n) is 14.7. The first kappa shape index (κ1) is 17.2. The average Bonchev–Trinajstić information content (AvgIpc) is 3.24. The van der Waals surface area contributed by atoms with Crippen LogP contribution in [0.3, 0.4) is 0 Å². The van der Waals surface area contributed by atoms with Crippen molar-refractivity contribution in [3.63, 3.8) is 0 Å². The Bertz CT molecular complexity index is 820. The van der Waals surface area contributed by atoms with Crippen LogP contribution in [-0.2, 0) is 19.2 Å². The normalized spacial score (nSPS) is 13.6. The lowest BCUT2D eigenvalue weighted by Gasteiger charge is -2.22. The van der Waals surface area contributed by atoms with Gasteiger partial charge in [0, 0.05) is 43.0 Å². The van der Waals surface area contributed by atoms with E-state index in [2.05, 4.69) is 20.6 Å². The van der Waals surface area contributed by atoms with Gasteiger partial charge >= 0.3 is 0 Å². The molecule has 132 valence electrons. The predicted molar refractivity (Wildman–Crippen MR) is 95.1 cm³/mol. The van der Waals surface area contributed by atoms with Gasteiger partial charge < -0.3 is 15.2 Å². The van der Waals surface area contributed by atoms with Crippen molar-refractivity contribution in [2.75, 3.05) is 13.7 Å². The summed E-state index contributed by atoms with van der Waals surface area (Å²) < 4.78 is 6.87. The highest BCUT2D eigenvalue weighted by atomic mass is 16.5. The van der Waals surface area contributed by atoms with Crippen LogP contribution in [-0.4, -0.2) is 38.7 Å². The molecule has 7 nitrogen and oxygen atoms in total. The summed E-state index contributed by atoms with van der Waals surface area (Å²) in [5, 5.41) is 25.2. The van der Waals surface area contributed by atoms with Crippen LogP contribution in [0.4, 0.5) is 0 Å². The van der Waals surface area contributed by atoms with E-state index in [-0.39, 0.29) is 0 Å². The van der Waals surface area contributed by atoms with Crippen LogP contribution in [0, 0.1) is 0 Å². The third-order valence-electron chi connectivity index (χ3n) is 4.21. The van der Waals surface area contributed by atoms with Crippen molar-refractivity contribution in [2.45, 2.75) is 19.1 Å². The van der Waals surface area contributed by atoms with Crippen molar-refractivity contribution in [1.29, 1.82) is 0 Å². The second-order valence-corrected chi connectivity index (χ2v) is 6.28. The standard InChI is InChI=1S/C18H23N5O2/c1-18(24,15-10-21-23(2)11-15)12-19-8-14-9-20-22-17(14)13-4-6-16(25-3)7-5-13/h4-7,9-11,19,24H,8,12H2,1-3H3,(H,20,22). The molecule has 1 aromatic carbocycles. The molecule has 0 bridgehead atoms. The molecule has 1 unspecified atom stereocenters. The number of nitrogens with one attached hydrogen (secondary N) is 2. The third kappa shape index (κ3) is 3.89. The number of hydrogen-bond acceptors (Lipinski definition) is 5. The van der Waals surface area contributed by atoms with Crippen LogP contribution < -0.4 is 10.1 Å². The fourth-order valence-electron chi connectivity index (χ4n) is 2.69. The van der Waals surface area contributed by atoms with Crippen LogP contribution in [0.25, 0.3) is 11.3 Å². The molecule has 7 heteroatoms. The number of ether oxygens (including phenoxy) is 1. The fourth-order valence-corrected chi connectivity index (χ4v) is 2.69. The van der Waals surface area contributed by atoms with Crippen LogP contribution in [0.5, 0.6) is 5.75 Å². The minimum absolute atomic E-state index is 0.409. The lowest BCUT2D eigenvalue weighted by molar-refractivity contribution is 0.0566. The maximum Gasteiger partial charge on any atom is 0.118 e. The van der Waals surface area contributed by atoms with Gasteiger partial charge in [0.05, 0.1) is 25.2 Å². The van der Waals surface area contributed by atoms with Gasteiger partial charge in [-0.1, -0.05) is 0 Å². The molecule has 0 amide bonds. The number of benzene rings is 1.